The van der Waals surface area contributed by atoms with Crippen LogP contribution < -0.4 is 4.80 Å². The number of thiazole rings is 1. The predicted molar refractivity (Wildman–Crippen MR) is 89.4 cm³/mol. The third-order valence-corrected chi connectivity index (χ3v) is 4.87. The summed E-state index contributed by atoms with van der Waals surface area (Å²) in [5, 5.41) is 0. The summed E-state index contributed by atoms with van der Waals surface area (Å²) in [5.74, 6) is -2.75. The maximum atomic E-state index is 13.7. The van der Waals surface area contributed by atoms with E-state index in [4.69, 9.17) is 0 Å². The van der Waals surface area contributed by atoms with E-state index in [0.29, 0.717) is 11.3 Å². The van der Waals surface area contributed by atoms with Crippen LogP contribution in [0.15, 0.2) is 45.9 Å². The average molecular weight is 397 g/mol. The maximum Gasteiger partial charge on any atom is 0.285 e. The Morgan fingerprint density at radius 1 is 1.26 bits per heavy atom. The predicted octanol–water partition coefficient (Wildman–Crippen LogP) is 4.50. The summed E-state index contributed by atoms with van der Waals surface area (Å²) in [6.45, 7) is 2.51. The highest BCUT2D eigenvalue weighted by Crippen LogP contribution is 2.22. The first kappa shape index (κ1) is 16.0. The Bertz CT molecular complexity index is 958. The van der Waals surface area contributed by atoms with Crippen molar-refractivity contribution in [1.29, 1.82) is 0 Å². The molecular weight excluding hydrogens is 386 g/mol. The molecule has 3 nitrogen and oxygen atoms in total. The molecule has 0 aliphatic carbocycles. The van der Waals surface area contributed by atoms with E-state index in [1.165, 1.54) is 17.4 Å². The molecule has 23 heavy (non-hydrogen) atoms. The smallest absolute Gasteiger partial charge is 0.285 e. The summed E-state index contributed by atoms with van der Waals surface area (Å²) >= 11 is 4.69. The number of carbonyl (C=O) groups is 1. The zero-order chi connectivity index (χ0) is 16.6. The monoisotopic (exact) mass is 396 g/mol. The van der Waals surface area contributed by atoms with Crippen LogP contribution in [0.1, 0.15) is 17.3 Å². The van der Waals surface area contributed by atoms with Gasteiger partial charge < -0.3 is 4.57 Å². The molecule has 0 spiro atoms. The number of fused-ring (bicyclic) bond motifs is 1. The number of benzene rings is 2. The molecular formula is C16H11BrF2N2OS. The van der Waals surface area contributed by atoms with Gasteiger partial charge in [0.05, 0.1) is 10.2 Å². The first-order valence-corrected chi connectivity index (χ1v) is 8.44. The van der Waals surface area contributed by atoms with Crippen molar-refractivity contribution in [3.8, 4) is 0 Å². The molecule has 0 unspecified atom stereocenters. The van der Waals surface area contributed by atoms with E-state index in [1.54, 1.807) is 0 Å². The second kappa shape index (κ2) is 6.33. The fraction of sp³-hybridized carbons (Fsp3) is 0.125. The highest BCUT2D eigenvalue weighted by atomic mass is 79.9. The number of aryl methyl sites for hydroxylation is 1. The van der Waals surface area contributed by atoms with Gasteiger partial charge >= 0.3 is 0 Å². The summed E-state index contributed by atoms with van der Waals surface area (Å²) in [6, 6.07) is 9.02. The first-order valence-electron chi connectivity index (χ1n) is 6.83. The number of carbonyl (C=O) groups excluding carboxylic acids is 1. The largest absolute Gasteiger partial charge is 0.317 e. The van der Waals surface area contributed by atoms with Crippen LogP contribution in [-0.2, 0) is 6.54 Å². The van der Waals surface area contributed by atoms with Crippen LogP contribution in [0, 0.1) is 11.6 Å². The van der Waals surface area contributed by atoms with Gasteiger partial charge in [0.2, 0.25) is 0 Å². The van der Waals surface area contributed by atoms with Gasteiger partial charge in [0.25, 0.3) is 5.91 Å². The lowest BCUT2D eigenvalue weighted by Gasteiger charge is -2.01. The van der Waals surface area contributed by atoms with Gasteiger partial charge in [-0.3, -0.25) is 4.79 Å². The van der Waals surface area contributed by atoms with Gasteiger partial charge in [0.1, 0.15) is 17.2 Å². The van der Waals surface area contributed by atoms with Gasteiger partial charge in [-0.1, -0.05) is 33.3 Å². The van der Waals surface area contributed by atoms with Gasteiger partial charge in [-0.05, 0) is 37.3 Å². The van der Waals surface area contributed by atoms with Crippen LogP contribution >= 0.6 is 27.3 Å². The summed E-state index contributed by atoms with van der Waals surface area (Å²) in [5.41, 5.74) is 0.287. The van der Waals surface area contributed by atoms with Crippen molar-refractivity contribution in [3.05, 3.63) is 62.9 Å². The first-order chi connectivity index (χ1) is 11.0. The van der Waals surface area contributed by atoms with Crippen molar-refractivity contribution < 1.29 is 13.6 Å². The number of aromatic nitrogens is 1. The third kappa shape index (κ3) is 2.98. The summed E-state index contributed by atoms with van der Waals surface area (Å²) < 4.78 is 31.1. The highest BCUT2D eigenvalue weighted by Gasteiger charge is 2.17. The van der Waals surface area contributed by atoms with Gasteiger partial charge in [-0.25, -0.2) is 8.78 Å². The summed E-state index contributed by atoms with van der Waals surface area (Å²) in [7, 11) is 0. The number of hydrogen-bond acceptors (Lipinski definition) is 2. The number of rotatable bonds is 2. The second-order valence-electron chi connectivity index (χ2n) is 4.75. The normalized spacial score (nSPS) is 12.1. The fourth-order valence-corrected chi connectivity index (χ4v) is 3.93. The minimum absolute atomic E-state index is 0.410. The van der Waals surface area contributed by atoms with Crippen molar-refractivity contribution in [1.82, 2.24) is 4.57 Å². The molecule has 0 aliphatic rings. The molecule has 0 fully saturated rings. The maximum absolute atomic E-state index is 13.7. The van der Waals surface area contributed by atoms with Crippen LogP contribution in [0.5, 0.6) is 0 Å². The SMILES string of the molecule is CCn1c(=NC(=O)c2c(F)cccc2F)sc2cc(Br)ccc21. The Morgan fingerprint density at radius 2 is 1.96 bits per heavy atom. The lowest BCUT2D eigenvalue weighted by molar-refractivity contribution is 0.0990. The van der Waals surface area contributed by atoms with E-state index in [1.807, 2.05) is 29.7 Å². The molecule has 0 radical (unpaired) electrons. The van der Waals surface area contributed by atoms with E-state index in [9.17, 15) is 13.6 Å². The molecule has 3 aromatic rings. The van der Waals surface area contributed by atoms with Gasteiger partial charge in [-0.2, -0.15) is 4.99 Å². The van der Waals surface area contributed by atoms with E-state index in [-0.39, 0.29) is 0 Å². The minimum Gasteiger partial charge on any atom is -0.317 e. The van der Waals surface area contributed by atoms with Crippen molar-refractivity contribution in [2.45, 2.75) is 13.5 Å². The minimum atomic E-state index is -0.923. The Balaban J connectivity index is 2.19. The van der Waals surface area contributed by atoms with Crippen molar-refractivity contribution in [2.24, 2.45) is 4.99 Å². The molecule has 0 saturated heterocycles. The Morgan fingerprint density at radius 3 is 2.61 bits per heavy atom. The molecule has 2 aromatic carbocycles. The Labute approximate surface area is 143 Å². The van der Waals surface area contributed by atoms with E-state index < -0.39 is 23.1 Å². The van der Waals surface area contributed by atoms with E-state index >= 15 is 0 Å². The zero-order valence-electron chi connectivity index (χ0n) is 12.0. The molecule has 1 aromatic heterocycles. The Hall–Kier alpha value is -1.86. The molecule has 0 N–H and O–H groups in total. The summed E-state index contributed by atoms with van der Waals surface area (Å²) in [6.07, 6.45) is 0. The quantitative estimate of drug-likeness (QED) is 0.627. The van der Waals surface area contributed by atoms with Crippen LogP contribution in [-0.4, -0.2) is 10.5 Å². The van der Waals surface area contributed by atoms with Crippen LogP contribution in [0.25, 0.3) is 10.2 Å². The number of hydrogen-bond donors (Lipinski definition) is 0. The molecule has 0 bridgehead atoms. The summed E-state index contributed by atoms with van der Waals surface area (Å²) in [4.78, 5) is 16.6. The topological polar surface area (TPSA) is 34.4 Å². The molecule has 0 aliphatic heterocycles. The van der Waals surface area contributed by atoms with Crippen molar-refractivity contribution in [2.75, 3.05) is 0 Å². The van der Waals surface area contributed by atoms with Crippen LogP contribution in [0.3, 0.4) is 0 Å². The van der Waals surface area contributed by atoms with Gasteiger partial charge in [-0.15, -0.1) is 0 Å². The zero-order valence-corrected chi connectivity index (χ0v) is 14.4. The second-order valence-corrected chi connectivity index (χ2v) is 6.68. The lowest BCUT2D eigenvalue weighted by Crippen LogP contribution is -2.16. The molecule has 0 atom stereocenters. The molecule has 118 valence electrons. The number of nitrogens with zero attached hydrogens (tertiary/aromatic N) is 2. The molecule has 3 rings (SSSR count). The van der Waals surface area contributed by atoms with Crippen LogP contribution in [0.4, 0.5) is 8.78 Å². The highest BCUT2D eigenvalue weighted by molar-refractivity contribution is 9.10. The van der Waals surface area contributed by atoms with Crippen LogP contribution in [0.2, 0.25) is 0 Å². The number of halogens is 3. The van der Waals surface area contributed by atoms with Crippen molar-refractivity contribution >= 4 is 43.4 Å². The average Bonchev–Trinajstić information content (AvgIpc) is 2.82. The van der Waals surface area contributed by atoms with Gasteiger partial charge in [0, 0.05) is 11.0 Å². The third-order valence-electron chi connectivity index (χ3n) is 3.33. The molecule has 1 amide bonds. The Kier molecular flexibility index (Phi) is 4.41. The van der Waals surface area contributed by atoms with E-state index in [0.717, 1.165) is 26.8 Å². The number of amides is 1. The molecule has 0 saturated carbocycles. The fourth-order valence-electron chi connectivity index (χ4n) is 2.28. The standard InChI is InChI=1S/C16H11BrF2N2OS/c1-2-21-12-7-6-9(17)8-13(12)23-16(21)20-15(22)14-10(18)4-3-5-11(14)19/h3-8H,2H2,1H3. The molecule has 1 heterocycles. The van der Waals surface area contributed by atoms with E-state index in [2.05, 4.69) is 20.9 Å². The lowest BCUT2D eigenvalue weighted by atomic mass is 10.2. The van der Waals surface area contributed by atoms with Crippen molar-refractivity contribution in [3.63, 3.8) is 0 Å². The molecule has 7 heteroatoms. The van der Waals surface area contributed by atoms with Gasteiger partial charge in [0.15, 0.2) is 4.80 Å².